The fourth-order valence-electron chi connectivity index (χ4n) is 0.692. The van der Waals surface area contributed by atoms with Crippen molar-refractivity contribution in [3.63, 3.8) is 0 Å². The zero-order valence-corrected chi connectivity index (χ0v) is 7.70. The molecule has 0 fully saturated rings. The minimum Gasteiger partial charge on any atom is -0.465 e. The lowest BCUT2D eigenvalue weighted by Gasteiger charge is -1.95. The lowest BCUT2D eigenvalue weighted by Crippen LogP contribution is -1.99. The van der Waals surface area contributed by atoms with Gasteiger partial charge in [0.15, 0.2) is 17.4 Å². The standard InChI is InChI=1S/C8H8O2.C2H6.Al.3H/c1-10-8(9)7-5-3-2-4-6-7;1-2;;;;/h2-6H,1H3;1-2H3;;;;. The molecule has 3 heteroatoms. The second kappa shape index (κ2) is 9.31. The molecule has 0 N–H and O–H groups in total. The van der Waals surface area contributed by atoms with E-state index >= 15 is 0 Å². The van der Waals surface area contributed by atoms with Gasteiger partial charge in [-0.05, 0) is 12.1 Å². The van der Waals surface area contributed by atoms with Crippen LogP contribution in [0.2, 0.25) is 0 Å². The molecule has 0 unspecified atom stereocenters. The number of hydrogen-bond acceptors (Lipinski definition) is 2. The van der Waals surface area contributed by atoms with Gasteiger partial charge in [-0.1, -0.05) is 32.0 Å². The highest BCUT2D eigenvalue weighted by Gasteiger charge is 2.00. The number of carbonyl (C=O) groups is 1. The Balaban J connectivity index is 0. The van der Waals surface area contributed by atoms with Crippen molar-refractivity contribution in [2.75, 3.05) is 7.11 Å². The molecular weight excluding hydrogens is 179 g/mol. The average Bonchev–Trinajstić information content (AvgIpc) is 2.21. The van der Waals surface area contributed by atoms with Crippen LogP contribution >= 0.6 is 0 Å². The van der Waals surface area contributed by atoms with E-state index in [1.54, 1.807) is 24.3 Å². The third kappa shape index (κ3) is 5.46. The van der Waals surface area contributed by atoms with Crippen molar-refractivity contribution < 1.29 is 9.53 Å². The summed E-state index contributed by atoms with van der Waals surface area (Å²) in [5.74, 6) is -0.291. The topological polar surface area (TPSA) is 26.3 Å². The third-order valence-electron chi connectivity index (χ3n) is 1.19. The number of carbonyl (C=O) groups excluding carboxylic acids is 1. The molecule has 0 atom stereocenters. The fourth-order valence-corrected chi connectivity index (χ4v) is 0.692. The molecule has 0 aliphatic heterocycles. The number of hydrogen-bond donors (Lipinski definition) is 0. The molecule has 0 saturated carbocycles. The smallest absolute Gasteiger partial charge is 0.337 e. The monoisotopic (exact) mass is 196 g/mol. The molecular formula is C10H17AlO2. The van der Waals surface area contributed by atoms with Crippen LogP contribution in [0.1, 0.15) is 24.2 Å². The van der Waals surface area contributed by atoms with E-state index in [-0.39, 0.29) is 23.3 Å². The van der Waals surface area contributed by atoms with Gasteiger partial charge in [0.05, 0.1) is 12.7 Å². The predicted molar refractivity (Wildman–Crippen MR) is 59.1 cm³/mol. The van der Waals surface area contributed by atoms with E-state index in [0.717, 1.165) is 0 Å². The SMILES string of the molecule is CC.COC(=O)c1ccccc1.[AlH3]. The first kappa shape index (κ1) is 14.7. The normalized spacial score (nSPS) is 7.31. The largest absolute Gasteiger partial charge is 0.465 e. The van der Waals surface area contributed by atoms with E-state index in [1.165, 1.54) is 7.11 Å². The second-order valence-corrected chi connectivity index (χ2v) is 1.86. The quantitative estimate of drug-likeness (QED) is 0.500. The Morgan fingerprint density at radius 1 is 1.15 bits per heavy atom. The number of benzene rings is 1. The minimum absolute atomic E-state index is 0. The third-order valence-corrected chi connectivity index (χ3v) is 1.19. The minimum atomic E-state index is -0.291. The van der Waals surface area contributed by atoms with E-state index in [9.17, 15) is 4.79 Å². The van der Waals surface area contributed by atoms with Gasteiger partial charge in [-0.3, -0.25) is 0 Å². The first-order chi connectivity index (χ1) is 5.84. The summed E-state index contributed by atoms with van der Waals surface area (Å²) in [7, 11) is 1.37. The molecule has 0 aliphatic carbocycles. The first-order valence-electron chi connectivity index (χ1n) is 3.98. The highest BCUT2D eigenvalue weighted by molar-refractivity contribution is 5.89. The summed E-state index contributed by atoms with van der Waals surface area (Å²) in [6, 6.07) is 8.88. The molecule has 0 bridgehead atoms. The van der Waals surface area contributed by atoms with Gasteiger partial charge in [0, 0.05) is 0 Å². The van der Waals surface area contributed by atoms with Crippen LogP contribution in [0.25, 0.3) is 0 Å². The molecule has 1 aromatic rings. The molecule has 1 aromatic carbocycles. The molecule has 13 heavy (non-hydrogen) atoms. The van der Waals surface area contributed by atoms with E-state index in [2.05, 4.69) is 4.74 Å². The van der Waals surface area contributed by atoms with Crippen LogP contribution in [0.4, 0.5) is 0 Å². The van der Waals surface area contributed by atoms with Gasteiger partial charge in [-0.2, -0.15) is 0 Å². The molecule has 0 amide bonds. The molecule has 1 rings (SSSR count). The fraction of sp³-hybridized carbons (Fsp3) is 0.300. The van der Waals surface area contributed by atoms with Crippen molar-refractivity contribution in [2.24, 2.45) is 0 Å². The van der Waals surface area contributed by atoms with Gasteiger partial charge in [0.2, 0.25) is 0 Å². The van der Waals surface area contributed by atoms with Crippen molar-refractivity contribution >= 4 is 23.3 Å². The summed E-state index contributed by atoms with van der Waals surface area (Å²) in [4.78, 5) is 10.8. The van der Waals surface area contributed by atoms with Gasteiger partial charge in [-0.15, -0.1) is 0 Å². The molecule has 72 valence electrons. The van der Waals surface area contributed by atoms with Crippen molar-refractivity contribution in [3.05, 3.63) is 35.9 Å². The zero-order valence-electron chi connectivity index (χ0n) is 7.70. The summed E-state index contributed by atoms with van der Waals surface area (Å²) < 4.78 is 4.50. The van der Waals surface area contributed by atoms with Gasteiger partial charge in [0.25, 0.3) is 0 Å². The Morgan fingerprint density at radius 3 is 2.00 bits per heavy atom. The van der Waals surface area contributed by atoms with Crippen LogP contribution < -0.4 is 0 Å². The summed E-state index contributed by atoms with van der Waals surface area (Å²) in [6.45, 7) is 4.00. The highest BCUT2D eigenvalue weighted by atomic mass is 27.0. The summed E-state index contributed by atoms with van der Waals surface area (Å²) in [5, 5.41) is 0. The number of methoxy groups -OCH3 is 1. The maximum Gasteiger partial charge on any atom is 0.337 e. The maximum atomic E-state index is 10.8. The Morgan fingerprint density at radius 2 is 1.62 bits per heavy atom. The lowest BCUT2D eigenvalue weighted by molar-refractivity contribution is 0.0601. The summed E-state index contributed by atoms with van der Waals surface area (Å²) in [6.07, 6.45) is 0. The Bertz CT molecular complexity index is 222. The van der Waals surface area contributed by atoms with Crippen molar-refractivity contribution in [1.29, 1.82) is 0 Å². The molecule has 0 heterocycles. The van der Waals surface area contributed by atoms with E-state index < -0.39 is 0 Å². The van der Waals surface area contributed by atoms with Crippen LogP contribution in [-0.4, -0.2) is 30.4 Å². The first-order valence-corrected chi connectivity index (χ1v) is 3.98. The van der Waals surface area contributed by atoms with Crippen molar-refractivity contribution in [1.82, 2.24) is 0 Å². The maximum absolute atomic E-state index is 10.8. The van der Waals surface area contributed by atoms with Crippen molar-refractivity contribution in [3.8, 4) is 0 Å². The molecule has 0 radical (unpaired) electrons. The summed E-state index contributed by atoms with van der Waals surface area (Å²) >= 11 is 0. The van der Waals surface area contributed by atoms with Crippen LogP contribution in [0.15, 0.2) is 30.3 Å². The second-order valence-electron chi connectivity index (χ2n) is 1.86. The van der Waals surface area contributed by atoms with E-state index in [1.807, 2.05) is 19.9 Å². The summed E-state index contributed by atoms with van der Waals surface area (Å²) in [5.41, 5.74) is 0.588. The van der Waals surface area contributed by atoms with E-state index in [0.29, 0.717) is 5.56 Å². The average molecular weight is 196 g/mol. The Hall–Kier alpha value is -0.778. The Kier molecular flexibility index (Phi) is 10.6. The van der Waals surface area contributed by atoms with Crippen LogP contribution in [0.5, 0.6) is 0 Å². The van der Waals surface area contributed by atoms with E-state index in [4.69, 9.17) is 0 Å². The molecule has 2 nitrogen and oxygen atoms in total. The Labute approximate surface area is 90.0 Å². The van der Waals surface area contributed by atoms with Crippen molar-refractivity contribution in [2.45, 2.75) is 13.8 Å². The predicted octanol–water partition coefficient (Wildman–Crippen LogP) is 1.32. The van der Waals surface area contributed by atoms with Gasteiger partial charge < -0.3 is 4.74 Å². The van der Waals surface area contributed by atoms with Crippen LogP contribution in [-0.2, 0) is 4.74 Å². The van der Waals surface area contributed by atoms with Gasteiger partial charge in [-0.25, -0.2) is 4.79 Å². The van der Waals surface area contributed by atoms with Crippen LogP contribution in [0.3, 0.4) is 0 Å². The van der Waals surface area contributed by atoms with Crippen LogP contribution in [0, 0.1) is 0 Å². The zero-order chi connectivity index (χ0) is 9.40. The highest BCUT2D eigenvalue weighted by Crippen LogP contribution is 1.98. The molecule has 0 spiro atoms. The molecule has 0 aromatic heterocycles. The van der Waals surface area contributed by atoms with Gasteiger partial charge >= 0.3 is 5.97 Å². The lowest BCUT2D eigenvalue weighted by atomic mass is 10.2. The molecule has 0 saturated heterocycles. The number of rotatable bonds is 1. The number of esters is 1. The number of ether oxygens (including phenoxy) is 1. The molecule has 0 aliphatic rings. The van der Waals surface area contributed by atoms with Gasteiger partial charge in [0.1, 0.15) is 0 Å².